The minimum absolute atomic E-state index is 0.0190. The Labute approximate surface area is 155 Å². The molecule has 8 heteroatoms. The third-order valence-electron chi connectivity index (χ3n) is 4.54. The van der Waals surface area contributed by atoms with Gasteiger partial charge in [-0.1, -0.05) is 27.7 Å². The molecule has 1 atom stereocenters. The molecule has 8 nitrogen and oxygen atoms in total. The van der Waals surface area contributed by atoms with E-state index in [2.05, 4.69) is 25.4 Å². The summed E-state index contributed by atoms with van der Waals surface area (Å²) in [5.74, 6) is 1.90. The van der Waals surface area contributed by atoms with E-state index in [-0.39, 0.29) is 23.7 Å². The minimum Gasteiger partial charge on any atom is -0.344 e. The molecule has 0 spiro atoms. The Hall–Kier alpha value is -1.96. The molecule has 26 heavy (non-hydrogen) atoms. The standard InChI is InChI=1S/C18H32N6O2/c1-12(2)10-16(25)20-17(13(3)4)18(26)24-8-6-23(7-9-24)11-15-19-14(5)21-22-15/h12-13,17H,6-11H2,1-5H3,(H,20,25)(H,19,21,22)/t17-/m1/s1. The normalized spacial score (nSPS) is 17.0. The third kappa shape index (κ3) is 5.79. The van der Waals surface area contributed by atoms with E-state index in [0.29, 0.717) is 26.1 Å². The van der Waals surface area contributed by atoms with Crippen molar-refractivity contribution in [3.8, 4) is 0 Å². The zero-order valence-electron chi connectivity index (χ0n) is 16.6. The van der Waals surface area contributed by atoms with E-state index in [1.165, 1.54) is 0 Å². The average Bonchev–Trinajstić information content (AvgIpc) is 2.97. The fraction of sp³-hybridized carbons (Fsp3) is 0.778. The van der Waals surface area contributed by atoms with Crippen LogP contribution in [-0.2, 0) is 16.1 Å². The van der Waals surface area contributed by atoms with Crippen LogP contribution in [0.25, 0.3) is 0 Å². The lowest BCUT2D eigenvalue weighted by Gasteiger charge is -2.37. The zero-order valence-corrected chi connectivity index (χ0v) is 16.6. The van der Waals surface area contributed by atoms with Gasteiger partial charge < -0.3 is 10.2 Å². The van der Waals surface area contributed by atoms with Gasteiger partial charge in [-0.3, -0.25) is 19.6 Å². The lowest BCUT2D eigenvalue weighted by atomic mass is 10.0. The zero-order chi connectivity index (χ0) is 19.3. The van der Waals surface area contributed by atoms with Gasteiger partial charge in [0.15, 0.2) is 5.82 Å². The van der Waals surface area contributed by atoms with Gasteiger partial charge in [-0.05, 0) is 18.8 Å². The number of carbonyl (C=O) groups is 2. The van der Waals surface area contributed by atoms with Crippen molar-refractivity contribution in [2.45, 2.75) is 53.6 Å². The lowest BCUT2D eigenvalue weighted by molar-refractivity contribution is -0.139. The lowest BCUT2D eigenvalue weighted by Crippen LogP contribution is -2.56. The van der Waals surface area contributed by atoms with Gasteiger partial charge in [0.2, 0.25) is 11.8 Å². The van der Waals surface area contributed by atoms with Crippen LogP contribution in [0.15, 0.2) is 0 Å². The molecule has 2 heterocycles. The van der Waals surface area contributed by atoms with Gasteiger partial charge in [0.05, 0.1) is 6.54 Å². The van der Waals surface area contributed by atoms with Crippen molar-refractivity contribution in [2.75, 3.05) is 26.2 Å². The topological polar surface area (TPSA) is 94.2 Å². The first-order valence-electron chi connectivity index (χ1n) is 9.44. The number of aromatic amines is 1. The molecule has 2 N–H and O–H groups in total. The highest BCUT2D eigenvalue weighted by molar-refractivity contribution is 5.88. The maximum absolute atomic E-state index is 12.9. The Bertz CT molecular complexity index is 605. The second-order valence-electron chi connectivity index (χ2n) is 7.83. The minimum atomic E-state index is -0.455. The van der Waals surface area contributed by atoms with Gasteiger partial charge in [0.25, 0.3) is 0 Å². The van der Waals surface area contributed by atoms with E-state index in [9.17, 15) is 9.59 Å². The maximum Gasteiger partial charge on any atom is 0.245 e. The van der Waals surface area contributed by atoms with Crippen LogP contribution in [0.3, 0.4) is 0 Å². The van der Waals surface area contributed by atoms with Crippen LogP contribution in [0.1, 0.15) is 45.8 Å². The number of rotatable bonds is 7. The number of nitrogens with one attached hydrogen (secondary N) is 2. The number of carbonyl (C=O) groups excluding carboxylic acids is 2. The Balaban J connectivity index is 1.87. The van der Waals surface area contributed by atoms with Crippen LogP contribution in [0.4, 0.5) is 0 Å². The number of aromatic nitrogens is 3. The largest absolute Gasteiger partial charge is 0.344 e. The molecule has 0 radical (unpaired) electrons. The quantitative estimate of drug-likeness (QED) is 0.751. The van der Waals surface area contributed by atoms with E-state index in [1.54, 1.807) is 0 Å². The van der Waals surface area contributed by atoms with Crippen LogP contribution >= 0.6 is 0 Å². The molecule has 0 saturated carbocycles. The first kappa shape index (κ1) is 20.4. The Morgan fingerprint density at radius 1 is 1.15 bits per heavy atom. The average molecular weight is 364 g/mol. The second-order valence-corrected chi connectivity index (χ2v) is 7.83. The molecule has 0 aromatic carbocycles. The summed E-state index contributed by atoms with van der Waals surface area (Å²) in [5.41, 5.74) is 0. The van der Waals surface area contributed by atoms with Gasteiger partial charge in [-0.25, -0.2) is 4.98 Å². The molecule has 1 aromatic heterocycles. The molecule has 2 amide bonds. The summed E-state index contributed by atoms with van der Waals surface area (Å²) in [6, 6.07) is -0.455. The van der Waals surface area contributed by atoms with Crippen LogP contribution in [0.5, 0.6) is 0 Å². The van der Waals surface area contributed by atoms with E-state index in [1.807, 2.05) is 39.5 Å². The molecule has 1 aliphatic rings. The van der Waals surface area contributed by atoms with Crippen LogP contribution < -0.4 is 5.32 Å². The van der Waals surface area contributed by atoms with E-state index >= 15 is 0 Å². The van der Waals surface area contributed by atoms with Crippen molar-refractivity contribution >= 4 is 11.8 Å². The predicted octanol–water partition coefficient (Wildman–Crippen LogP) is 0.944. The van der Waals surface area contributed by atoms with Crippen molar-refractivity contribution in [2.24, 2.45) is 11.8 Å². The molecule has 1 fully saturated rings. The van der Waals surface area contributed by atoms with E-state index < -0.39 is 6.04 Å². The monoisotopic (exact) mass is 364 g/mol. The first-order chi connectivity index (χ1) is 12.3. The van der Waals surface area contributed by atoms with Gasteiger partial charge in [-0.15, -0.1) is 0 Å². The molecule has 0 aliphatic carbocycles. The highest BCUT2D eigenvalue weighted by Crippen LogP contribution is 2.12. The molecule has 0 unspecified atom stereocenters. The van der Waals surface area contributed by atoms with E-state index in [4.69, 9.17) is 0 Å². The van der Waals surface area contributed by atoms with Crippen molar-refractivity contribution in [3.05, 3.63) is 11.6 Å². The molecular weight excluding hydrogens is 332 g/mol. The van der Waals surface area contributed by atoms with Crippen molar-refractivity contribution < 1.29 is 9.59 Å². The Morgan fingerprint density at radius 3 is 2.31 bits per heavy atom. The van der Waals surface area contributed by atoms with Crippen LogP contribution in [0.2, 0.25) is 0 Å². The summed E-state index contributed by atoms with van der Waals surface area (Å²) >= 11 is 0. The number of hydrogen-bond donors (Lipinski definition) is 2. The number of hydrogen-bond acceptors (Lipinski definition) is 5. The summed E-state index contributed by atoms with van der Waals surface area (Å²) in [4.78, 5) is 33.4. The maximum atomic E-state index is 12.9. The predicted molar refractivity (Wildman–Crippen MR) is 99.2 cm³/mol. The summed E-state index contributed by atoms with van der Waals surface area (Å²) < 4.78 is 0. The number of piperazine rings is 1. The molecule has 1 aromatic rings. The molecule has 1 aliphatic heterocycles. The number of nitrogens with zero attached hydrogens (tertiary/aromatic N) is 4. The van der Waals surface area contributed by atoms with Gasteiger partial charge in [0, 0.05) is 32.6 Å². The highest BCUT2D eigenvalue weighted by atomic mass is 16.2. The van der Waals surface area contributed by atoms with Gasteiger partial charge in [-0.2, -0.15) is 5.10 Å². The Morgan fingerprint density at radius 2 is 1.81 bits per heavy atom. The van der Waals surface area contributed by atoms with E-state index in [0.717, 1.165) is 24.7 Å². The number of H-pyrrole nitrogens is 1. The second kappa shape index (κ2) is 9.12. The third-order valence-corrected chi connectivity index (χ3v) is 4.54. The number of aryl methyl sites for hydroxylation is 1. The van der Waals surface area contributed by atoms with Gasteiger partial charge in [0.1, 0.15) is 11.9 Å². The molecule has 0 bridgehead atoms. The molecule has 146 valence electrons. The van der Waals surface area contributed by atoms with Gasteiger partial charge >= 0.3 is 0 Å². The van der Waals surface area contributed by atoms with Crippen molar-refractivity contribution in [3.63, 3.8) is 0 Å². The molecular formula is C18H32N6O2. The fourth-order valence-corrected chi connectivity index (χ4v) is 3.10. The number of amides is 2. The van der Waals surface area contributed by atoms with Crippen molar-refractivity contribution in [1.29, 1.82) is 0 Å². The van der Waals surface area contributed by atoms with Crippen LogP contribution in [-0.4, -0.2) is 69.0 Å². The fourth-order valence-electron chi connectivity index (χ4n) is 3.10. The molecule has 1 saturated heterocycles. The van der Waals surface area contributed by atoms with Crippen molar-refractivity contribution in [1.82, 2.24) is 30.3 Å². The first-order valence-corrected chi connectivity index (χ1v) is 9.44. The SMILES string of the molecule is Cc1nc(CN2CCN(C(=O)[C@H](NC(=O)CC(C)C)C(C)C)CC2)n[nH]1. The summed E-state index contributed by atoms with van der Waals surface area (Å²) in [5, 5.41) is 9.95. The van der Waals surface area contributed by atoms with Crippen LogP contribution in [0, 0.1) is 18.8 Å². The molecule has 2 rings (SSSR count). The summed E-state index contributed by atoms with van der Waals surface area (Å²) in [6.45, 7) is 13.4. The summed E-state index contributed by atoms with van der Waals surface area (Å²) in [7, 11) is 0. The Kier molecular flexibility index (Phi) is 7.14. The smallest absolute Gasteiger partial charge is 0.245 e. The summed E-state index contributed by atoms with van der Waals surface area (Å²) in [6.07, 6.45) is 0.445. The highest BCUT2D eigenvalue weighted by Gasteiger charge is 2.30.